The third kappa shape index (κ3) is 3.46. The summed E-state index contributed by atoms with van der Waals surface area (Å²) < 4.78 is 35.3. The Kier molecular flexibility index (Phi) is 4.37. The predicted molar refractivity (Wildman–Crippen MR) is 81.3 cm³/mol. The summed E-state index contributed by atoms with van der Waals surface area (Å²) in [6.45, 7) is 0. The lowest BCUT2D eigenvalue weighted by molar-refractivity contribution is 0.402. The van der Waals surface area contributed by atoms with Crippen LogP contribution in [-0.2, 0) is 15.6 Å². The number of benzene rings is 2. The first-order chi connectivity index (χ1) is 9.96. The van der Waals surface area contributed by atoms with Crippen LogP contribution in [0.15, 0.2) is 47.4 Å². The predicted octanol–water partition coefficient (Wildman–Crippen LogP) is 2.26. The highest BCUT2D eigenvalue weighted by molar-refractivity contribution is 7.90. The van der Waals surface area contributed by atoms with E-state index >= 15 is 0 Å². The zero-order chi connectivity index (χ0) is 15.5. The molecule has 21 heavy (non-hydrogen) atoms. The molecular weight excluding hydrogens is 290 g/mol. The smallest absolute Gasteiger partial charge is 0.186 e. The highest BCUT2D eigenvalue weighted by Crippen LogP contribution is 2.28. The third-order valence-electron chi connectivity index (χ3n) is 2.99. The molecule has 0 aliphatic carbocycles. The first-order valence-electron chi connectivity index (χ1n) is 6.25. The van der Waals surface area contributed by atoms with E-state index in [1.807, 2.05) is 0 Å². The number of methoxy groups -OCH3 is 2. The van der Waals surface area contributed by atoms with Crippen molar-refractivity contribution >= 4 is 15.5 Å². The van der Waals surface area contributed by atoms with Gasteiger partial charge in [0.25, 0.3) is 0 Å². The molecule has 0 saturated carbocycles. The van der Waals surface area contributed by atoms with Crippen molar-refractivity contribution in [3.05, 3.63) is 48.0 Å². The van der Waals surface area contributed by atoms with Crippen molar-refractivity contribution in [3.8, 4) is 11.5 Å². The maximum atomic E-state index is 12.5. The van der Waals surface area contributed by atoms with E-state index in [0.29, 0.717) is 22.7 Å². The molecule has 0 spiro atoms. The summed E-state index contributed by atoms with van der Waals surface area (Å²) in [4.78, 5) is 0.161. The van der Waals surface area contributed by atoms with Gasteiger partial charge in [-0.2, -0.15) is 0 Å². The zero-order valence-corrected chi connectivity index (χ0v) is 12.7. The molecule has 0 saturated heterocycles. The van der Waals surface area contributed by atoms with Crippen LogP contribution in [-0.4, -0.2) is 22.6 Å². The summed E-state index contributed by atoms with van der Waals surface area (Å²) >= 11 is 0. The maximum absolute atomic E-state index is 12.5. The van der Waals surface area contributed by atoms with E-state index in [-0.39, 0.29) is 10.6 Å². The highest BCUT2D eigenvalue weighted by atomic mass is 32.2. The van der Waals surface area contributed by atoms with E-state index in [0.717, 1.165) is 0 Å². The van der Waals surface area contributed by atoms with E-state index in [9.17, 15) is 8.42 Å². The van der Waals surface area contributed by atoms with Gasteiger partial charge < -0.3 is 15.2 Å². The molecule has 0 aliphatic rings. The van der Waals surface area contributed by atoms with Crippen LogP contribution in [0.5, 0.6) is 11.5 Å². The van der Waals surface area contributed by atoms with Gasteiger partial charge >= 0.3 is 0 Å². The minimum absolute atomic E-state index is 0.161. The van der Waals surface area contributed by atoms with Gasteiger partial charge in [0.15, 0.2) is 9.84 Å². The Bertz CT molecular complexity index is 741. The Morgan fingerprint density at radius 1 is 1.05 bits per heavy atom. The molecule has 0 aliphatic heterocycles. The quantitative estimate of drug-likeness (QED) is 0.857. The maximum Gasteiger partial charge on any atom is 0.186 e. The van der Waals surface area contributed by atoms with Gasteiger partial charge in [-0.15, -0.1) is 0 Å². The lowest BCUT2D eigenvalue weighted by Crippen LogP contribution is -2.07. The molecule has 0 atom stereocenters. The molecular formula is C15H17NO4S. The number of nitrogens with two attached hydrogens (primary N) is 1. The van der Waals surface area contributed by atoms with Gasteiger partial charge in [0.1, 0.15) is 16.4 Å². The number of hydrogen-bond acceptors (Lipinski definition) is 5. The Morgan fingerprint density at radius 3 is 2.43 bits per heavy atom. The molecule has 5 nitrogen and oxygen atoms in total. The summed E-state index contributed by atoms with van der Waals surface area (Å²) in [5.74, 6) is 0.683. The Labute approximate surface area is 124 Å². The van der Waals surface area contributed by atoms with Crippen LogP contribution in [0, 0.1) is 0 Å². The molecule has 0 aromatic heterocycles. The number of rotatable bonds is 5. The lowest BCUT2D eigenvalue weighted by atomic mass is 10.2. The van der Waals surface area contributed by atoms with Crippen molar-refractivity contribution in [1.82, 2.24) is 0 Å². The fourth-order valence-corrected chi connectivity index (χ4v) is 3.56. The number of para-hydroxylation sites is 1. The second kappa shape index (κ2) is 6.05. The van der Waals surface area contributed by atoms with Crippen molar-refractivity contribution in [3.63, 3.8) is 0 Å². The fourth-order valence-electron chi connectivity index (χ4n) is 2.06. The molecule has 2 rings (SSSR count). The molecule has 0 amide bonds. The zero-order valence-electron chi connectivity index (χ0n) is 11.9. The van der Waals surface area contributed by atoms with Crippen molar-refractivity contribution in [2.75, 3.05) is 20.0 Å². The van der Waals surface area contributed by atoms with Gasteiger partial charge in [-0.25, -0.2) is 8.42 Å². The normalized spacial score (nSPS) is 11.1. The van der Waals surface area contributed by atoms with E-state index in [1.165, 1.54) is 20.3 Å². The van der Waals surface area contributed by atoms with E-state index in [4.69, 9.17) is 15.2 Å². The topological polar surface area (TPSA) is 78.6 Å². The molecule has 0 radical (unpaired) electrons. The minimum Gasteiger partial charge on any atom is -0.497 e. The van der Waals surface area contributed by atoms with Crippen LogP contribution in [0.1, 0.15) is 5.56 Å². The lowest BCUT2D eigenvalue weighted by Gasteiger charge is -2.10. The fraction of sp³-hybridized carbons (Fsp3) is 0.200. The SMILES string of the molecule is COc1cc(N)cc(CS(=O)(=O)c2ccccc2OC)c1. The molecule has 0 bridgehead atoms. The third-order valence-corrected chi connectivity index (χ3v) is 4.71. The van der Waals surface area contributed by atoms with Crippen molar-refractivity contribution in [2.45, 2.75) is 10.6 Å². The van der Waals surface area contributed by atoms with Crippen molar-refractivity contribution in [1.29, 1.82) is 0 Å². The van der Waals surface area contributed by atoms with Crippen LogP contribution >= 0.6 is 0 Å². The van der Waals surface area contributed by atoms with Crippen LogP contribution in [0.2, 0.25) is 0 Å². The summed E-state index contributed by atoms with van der Waals surface area (Å²) in [6.07, 6.45) is 0. The Balaban J connectivity index is 2.40. The number of anilines is 1. The summed E-state index contributed by atoms with van der Waals surface area (Å²) in [6, 6.07) is 11.4. The van der Waals surface area contributed by atoms with Crippen LogP contribution in [0.3, 0.4) is 0 Å². The van der Waals surface area contributed by atoms with Gasteiger partial charge in [-0.3, -0.25) is 0 Å². The second-order valence-corrected chi connectivity index (χ2v) is 6.48. The number of hydrogen-bond donors (Lipinski definition) is 1. The summed E-state index contributed by atoms with van der Waals surface area (Å²) in [7, 11) is -0.584. The van der Waals surface area contributed by atoms with Crippen molar-refractivity contribution < 1.29 is 17.9 Å². The largest absolute Gasteiger partial charge is 0.497 e. The monoisotopic (exact) mass is 307 g/mol. The standard InChI is InChI=1S/C15H17NO4S/c1-19-13-8-11(7-12(16)9-13)10-21(17,18)15-6-4-3-5-14(15)20-2/h3-9H,10,16H2,1-2H3. The molecule has 0 heterocycles. The van der Waals surface area contributed by atoms with E-state index < -0.39 is 9.84 Å². The molecule has 6 heteroatoms. The summed E-state index contributed by atoms with van der Waals surface area (Å²) in [5.41, 5.74) is 6.77. The van der Waals surface area contributed by atoms with Crippen LogP contribution in [0.4, 0.5) is 5.69 Å². The molecule has 2 N–H and O–H groups in total. The summed E-state index contributed by atoms with van der Waals surface area (Å²) in [5, 5.41) is 0. The molecule has 0 unspecified atom stereocenters. The van der Waals surface area contributed by atoms with Gasteiger partial charge in [0.05, 0.1) is 20.0 Å². The number of ether oxygens (including phenoxy) is 2. The van der Waals surface area contributed by atoms with E-state index in [1.54, 1.807) is 36.4 Å². The second-order valence-electron chi connectivity index (χ2n) is 4.52. The van der Waals surface area contributed by atoms with Gasteiger partial charge in [-0.1, -0.05) is 12.1 Å². The first kappa shape index (κ1) is 15.2. The van der Waals surface area contributed by atoms with Crippen LogP contribution in [0.25, 0.3) is 0 Å². The number of nitrogen functional groups attached to an aromatic ring is 1. The Hall–Kier alpha value is -2.21. The first-order valence-corrected chi connectivity index (χ1v) is 7.90. The number of sulfone groups is 1. The highest BCUT2D eigenvalue weighted by Gasteiger charge is 2.20. The van der Waals surface area contributed by atoms with Crippen LogP contribution < -0.4 is 15.2 Å². The Morgan fingerprint density at radius 2 is 1.76 bits per heavy atom. The molecule has 0 fully saturated rings. The van der Waals surface area contributed by atoms with Gasteiger partial charge in [0.2, 0.25) is 0 Å². The minimum atomic E-state index is -3.53. The van der Waals surface area contributed by atoms with E-state index in [2.05, 4.69) is 0 Å². The van der Waals surface area contributed by atoms with Gasteiger partial charge in [0, 0.05) is 11.8 Å². The average Bonchev–Trinajstić information content (AvgIpc) is 2.46. The van der Waals surface area contributed by atoms with Gasteiger partial charge in [-0.05, 0) is 29.8 Å². The van der Waals surface area contributed by atoms with Crippen molar-refractivity contribution in [2.24, 2.45) is 0 Å². The molecule has 2 aromatic rings. The molecule has 112 valence electrons. The molecule has 2 aromatic carbocycles. The average molecular weight is 307 g/mol.